The zero-order chi connectivity index (χ0) is 12.4. The molecule has 0 spiro atoms. The second kappa shape index (κ2) is 5.41. The Balaban J connectivity index is 1.54. The molecule has 1 aromatic rings. The van der Waals surface area contributed by atoms with E-state index in [4.69, 9.17) is 0 Å². The number of thiophene rings is 1. The van der Waals surface area contributed by atoms with Gasteiger partial charge >= 0.3 is 0 Å². The van der Waals surface area contributed by atoms with Crippen molar-refractivity contribution in [1.29, 1.82) is 0 Å². The zero-order valence-electron chi connectivity index (χ0n) is 10.6. The van der Waals surface area contributed by atoms with E-state index in [1.54, 1.807) is 11.3 Å². The first-order chi connectivity index (χ1) is 8.83. The van der Waals surface area contributed by atoms with Crippen LogP contribution < -0.4 is 5.32 Å². The molecule has 0 radical (unpaired) electrons. The summed E-state index contributed by atoms with van der Waals surface area (Å²) < 4.78 is 0. The van der Waals surface area contributed by atoms with E-state index in [2.05, 4.69) is 10.2 Å². The summed E-state index contributed by atoms with van der Waals surface area (Å²) in [5.41, 5.74) is 0. The first kappa shape index (κ1) is 12.2. The van der Waals surface area contributed by atoms with Crippen LogP contribution in [0.5, 0.6) is 0 Å². The minimum absolute atomic E-state index is 0.190. The van der Waals surface area contributed by atoms with E-state index >= 15 is 0 Å². The molecule has 0 bridgehead atoms. The van der Waals surface area contributed by atoms with E-state index < -0.39 is 0 Å². The van der Waals surface area contributed by atoms with Crippen LogP contribution in [0, 0.1) is 0 Å². The Kier molecular flexibility index (Phi) is 3.66. The van der Waals surface area contributed by atoms with E-state index in [9.17, 15) is 4.79 Å². The van der Waals surface area contributed by atoms with Gasteiger partial charge in [0.2, 0.25) is 5.91 Å². The average molecular weight is 264 g/mol. The lowest BCUT2D eigenvalue weighted by molar-refractivity contribution is -0.121. The number of fused-ring (bicyclic) bond motifs is 1. The molecule has 3 nitrogen and oxygen atoms in total. The monoisotopic (exact) mass is 264 g/mol. The summed E-state index contributed by atoms with van der Waals surface area (Å²) in [5, 5.41) is 5.27. The lowest BCUT2D eigenvalue weighted by Gasteiger charge is -2.32. The summed E-state index contributed by atoms with van der Waals surface area (Å²) in [6, 6.07) is 5.03. The molecule has 2 aliphatic heterocycles. The molecule has 98 valence electrons. The topological polar surface area (TPSA) is 32.3 Å². The third-order valence-corrected chi connectivity index (χ3v) is 4.99. The quantitative estimate of drug-likeness (QED) is 0.906. The summed E-state index contributed by atoms with van der Waals surface area (Å²) in [7, 11) is 0. The summed E-state index contributed by atoms with van der Waals surface area (Å²) >= 11 is 1.66. The molecule has 2 atom stereocenters. The van der Waals surface area contributed by atoms with Crippen molar-refractivity contribution in [2.75, 3.05) is 13.1 Å². The molecule has 0 aromatic carbocycles. The van der Waals surface area contributed by atoms with Gasteiger partial charge in [-0.3, -0.25) is 9.69 Å². The third-order valence-electron chi connectivity index (χ3n) is 4.12. The van der Waals surface area contributed by atoms with Crippen LogP contribution in [-0.4, -0.2) is 36.0 Å². The Morgan fingerprint density at radius 3 is 3.17 bits per heavy atom. The molecule has 2 saturated heterocycles. The molecule has 1 aromatic heterocycles. The number of rotatable bonds is 3. The van der Waals surface area contributed by atoms with Crippen molar-refractivity contribution in [2.24, 2.45) is 0 Å². The van der Waals surface area contributed by atoms with E-state index in [1.807, 2.05) is 17.5 Å². The van der Waals surface area contributed by atoms with Gasteiger partial charge in [0.15, 0.2) is 0 Å². The maximum absolute atomic E-state index is 12.0. The molecular formula is C14H20N2OS. The predicted molar refractivity (Wildman–Crippen MR) is 73.8 cm³/mol. The lowest BCUT2D eigenvalue weighted by Crippen LogP contribution is -2.47. The van der Waals surface area contributed by atoms with Crippen molar-refractivity contribution in [3.8, 4) is 0 Å². The van der Waals surface area contributed by atoms with Gasteiger partial charge in [-0.15, -0.1) is 11.3 Å². The molecule has 0 aliphatic carbocycles. The number of nitrogens with one attached hydrogen (secondary N) is 1. The lowest BCUT2D eigenvalue weighted by atomic mass is 9.99. The summed E-state index contributed by atoms with van der Waals surface area (Å²) in [6.07, 6.45) is 5.57. The number of piperidine rings is 1. The van der Waals surface area contributed by atoms with Gasteiger partial charge in [-0.05, 0) is 37.3 Å². The van der Waals surface area contributed by atoms with Crippen LogP contribution in [0.15, 0.2) is 17.5 Å². The maximum Gasteiger partial charge on any atom is 0.225 e. The Bertz CT molecular complexity index is 404. The molecular weight excluding hydrogens is 244 g/mol. The highest BCUT2D eigenvalue weighted by Crippen LogP contribution is 2.27. The molecule has 18 heavy (non-hydrogen) atoms. The smallest absolute Gasteiger partial charge is 0.225 e. The van der Waals surface area contributed by atoms with Crippen LogP contribution in [0.3, 0.4) is 0 Å². The highest BCUT2D eigenvalue weighted by molar-refractivity contribution is 7.10. The zero-order valence-corrected chi connectivity index (χ0v) is 11.4. The highest BCUT2D eigenvalue weighted by Gasteiger charge is 2.36. The van der Waals surface area contributed by atoms with Gasteiger partial charge < -0.3 is 5.32 Å². The van der Waals surface area contributed by atoms with Crippen molar-refractivity contribution in [3.05, 3.63) is 22.4 Å². The van der Waals surface area contributed by atoms with Crippen molar-refractivity contribution in [2.45, 2.75) is 44.2 Å². The van der Waals surface area contributed by atoms with E-state index in [1.165, 1.54) is 25.8 Å². The number of carbonyl (C=O) groups excluding carboxylic acids is 1. The second-order valence-corrected chi connectivity index (χ2v) is 6.35. The standard InChI is InChI=1S/C14H20N2OS/c17-14(10-11-4-3-9-18-11)15-12-6-8-16-7-2-1-5-13(12)16/h3-4,9,12-13H,1-2,5-8,10H2,(H,15,17)/t12-,13-/m1/s1. The van der Waals surface area contributed by atoms with Gasteiger partial charge in [-0.1, -0.05) is 12.5 Å². The molecule has 2 fully saturated rings. The highest BCUT2D eigenvalue weighted by atomic mass is 32.1. The molecule has 1 N–H and O–H groups in total. The van der Waals surface area contributed by atoms with Crippen LogP contribution >= 0.6 is 11.3 Å². The molecule has 0 unspecified atom stereocenters. The predicted octanol–water partition coefficient (Wildman–Crippen LogP) is 2.03. The third kappa shape index (κ3) is 2.59. The fraction of sp³-hybridized carbons (Fsp3) is 0.643. The first-order valence-electron chi connectivity index (χ1n) is 6.89. The molecule has 4 heteroatoms. The van der Waals surface area contributed by atoms with Crippen LogP contribution in [0.4, 0.5) is 0 Å². The molecule has 2 aliphatic rings. The molecule has 3 rings (SSSR count). The number of nitrogens with zero attached hydrogens (tertiary/aromatic N) is 1. The fourth-order valence-corrected chi connectivity index (χ4v) is 3.95. The van der Waals surface area contributed by atoms with Crippen LogP contribution in [0.25, 0.3) is 0 Å². The van der Waals surface area contributed by atoms with Gasteiger partial charge in [0, 0.05) is 23.5 Å². The van der Waals surface area contributed by atoms with Gasteiger partial charge in [-0.25, -0.2) is 0 Å². The van der Waals surface area contributed by atoms with Gasteiger partial charge in [-0.2, -0.15) is 0 Å². The normalized spacial score (nSPS) is 28.0. The van der Waals surface area contributed by atoms with Crippen molar-refractivity contribution in [3.63, 3.8) is 0 Å². The molecule has 1 amide bonds. The maximum atomic E-state index is 12.0. The number of amides is 1. The van der Waals surface area contributed by atoms with Crippen molar-refractivity contribution < 1.29 is 4.79 Å². The minimum atomic E-state index is 0.190. The largest absolute Gasteiger partial charge is 0.351 e. The molecule has 3 heterocycles. The van der Waals surface area contributed by atoms with Crippen LogP contribution in [-0.2, 0) is 11.2 Å². The molecule has 0 saturated carbocycles. The van der Waals surface area contributed by atoms with Crippen LogP contribution in [0.2, 0.25) is 0 Å². The summed E-state index contributed by atoms with van der Waals surface area (Å²) in [6.45, 7) is 2.39. The Labute approximate surface area is 112 Å². The number of hydrogen-bond acceptors (Lipinski definition) is 3. The SMILES string of the molecule is O=C(Cc1cccs1)N[C@@H]1CCN2CCCC[C@H]12. The van der Waals surface area contributed by atoms with Gasteiger partial charge in [0.05, 0.1) is 6.42 Å². The minimum Gasteiger partial charge on any atom is -0.351 e. The summed E-state index contributed by atoms with van der Waals surface area (Å²) in [4.78, 5) is 15.7. The van der Waals surface area contributed by atoms with Crippen molar-refractivity contribution in [1.82, 2.24) is 10.2 Å². The van der Waals surface area contributed by atoms with E-state index in [0.717, 1.165) is 17.8 Å². The summed E-state index contributed by atoms with van der Waals surface area (Å²) in [5.74, 6) is 0.190. The Morgan fingerprint density at radius 1 is 1.39 bits per heavy atom. The Hall–Kier alpha value is -0.870. The average Bonchev–Trinajstić information content (AvgIpc) is 3.00. The van der Waals surface area contributed by atoms with E-state index in [-0.39, 0.29) is 5.91 Å². The van der Waals surface area contributed by atoms with Crippen molar-refractivity contribution >= 4 is 17.2 Å². The second-order valence-electron chi connectivity index (χ2n) is 5.32. The van der Waals surface area contributed by atoms with E-state index in [0.29, 0.717) is 18.5 Å². The van der Waals surface area contributed by atoms with Crippen LogP contribution in [0.1, 0.15) is 30.6 Å². The number of hydrogen-bond donors (Lipinski definition) is 1. The number of carbonyl (C=O) groups is 1. The Morgan fingerprint density at radius 2 is 2.33 bits per heavy atom. The van der Waals surface area contributed by atoms with Gasteiger partial charge in [0.25, 0.3) is 0 Å². The fourth-order valence-electron chi connectivity index (χ4n) is 3.24. The first-order valence-corrected chi connectivity index (χ1v) is 7.77. The van der Waals surface area contributed by atoms with Gasteiger partial charge in [0.1, 0.15) is 0 Å².